The average molecular weight is 1550 g/mol. The zero-order chi connectivity index (χ0) is 80.3. The van der Waals surface area contributed by atoms with Crippen molar-refractivity contribution >= 4 is 106 Å². The number of imidazole rings is 1. The van der Waals surface area contributed by atoms with Crippen molar-refractivity contribution in [3.05, 3.63) is 54.1 Å². The number of benzene rings is 1. The number of aliphatic imine (C=N–C) groups is 2. The molecule has 3 aliphatic heterocycles. The Balaban J connectivity index is 1.27. The number of aromatic nitrogens is 2. The fourth-order valence-electron chi connectivity index (χ4n) is 12.9. The van der Waals surface area contributed by atoms with E-state index in [1.54, 1.807) is 44.2 Å². The maximum absolute atomic E-state index is 14.5. The van der Waals surface area contributed by atoms with Crippen molar-refractivity contribution in [1.82, 2.24) is 72.5 Å². The number of likely N-dealkylation sites (tertiary alicyclic amines) is 3. The van der Waals surface area contributed by atoms with Crippen LogP contribution in [0.1, 0.15) is 134 Å². The Morgan fingerprint density at radius 1 is 0.569 bits per heavy atom. The van der Waals surface area contributed by atoms with Crippen LogP contribution in [0.4, 0.5) is 0 Å². The Hall–Kier alpha value is -10.2. The number of unbranched alkanes of at least 4 members (excludes halogenated alkanes) is 1. The topological polar surface area (TPSA) is 633 Å². The van der Waals surface area contributed by atoms with Crippen LogP contribution in [0.15, 0.2) is 52.8 Å². The molecule has 40 heteroatoms. The van der Waals surface area contributed by atoms with E-state index >= 15 is 0 Å². The van der Waals surface area contributed by atoms with Gasteiger partial charge in [0.05, 0.1) is 25.5 Å². The molecule has 0 spiro atoms. The Bertz CT molecular complexity index is 3460. The molecule has 109 heavy (non-hydrogen) atoms. The smallest absolute Gasteiger partial charge is 0.326 e. The number of carboxylic acid groups (broad SMARTS) is 1. The highest BCUT2D eigenvalue weighted by atomic mass is 32.2. The van der Waals surface area contributed by atoms with Crippen LogP contribution in [-0.2, 0) is 80.0 Å². The summed E-state index contributed by atoms with van der Waals surface area (Å²) in [6.45, 7) is 2.46. The van der Waals surface area contributed by atoms with E-state index < -0.39 is 168 Å². The number of aliphatic hydroxyl groups excluding tert-OH is 1. The van der Waals surface area contributed by atoms with Gasteiger partial charge in [-0.1, -0.05) is 44.2 Å². The van der Waals surface area contributed by atoms with Gasteiger partial charge in [0, 0.05) is 63.9 Å². The van der Waals surface area contributed by atoms with Crippen LogP contribution in [0, 0.1) is 5.92 Å². The van der Waals surface area contributed by atoms with Gasteiger partial charge in [0.2, 0.25) is 76.8 Å². The fourth-order valence-corrected chi connectivity index (χ4v) is 13.4. The van der Waals surface area contributed by atoms with Gasteiger partial charge in [0.1, 0.15) is 66.5 Å². The molecule has 12 atom stereocenters. The van der Waals surface area contributed by atoms with Crippen molar-refractivity contribution in [3.8, 4) is 0 Å². The number of H-pyrrole nitrogens is 1. The zero-order valence-corrected chi connectivity index (χ0v) is 62.9. The van der Waals surface area contributed by atoms with Crippen LogP contribution < -0.4 is 88.0 Å². The number of nitrogens with two attached hydrogens (primary N) is 7. The van der Waals surface area contributed by atoms with Gasteiger partial charge in [-0.15, -0.1) is 0 Å². The molecule has 1 aromatic heterocycles. The first-order valence-corrected chi connectivity index (χ1v) is 38.2. The van der Waals surface area contributed by atoms with Gasteiger partial charge in [0.25, 0.3) is 0 Å². The van der Waals surface area contributed by atoms with Crippen LogP contribution >= 0.6 is 11.8 Å². The van der Waals surface area contributed by atoms with Crippen molar-refractivity contribution in [2.24, 2.45) is 56.0 Å². The molecule has 0 saturated carbocycles. The number of carbonyl (C=O) groups excluding carboxylic acids is 13. The summed E-state index contributed by atoms with van der Waals surface area (Å²) < 4.78 is 0. The van der Waals surface area contributed by atoms with E-state index in [1.807, 2.05) is 6.26 Å². The van der Waals surface area contributed by atoms with Gasteiger partial charge >= 0.3 is 5.97 Å². The molecule has 3 aliphatic rings. The summed E-state index contributed by atoms with van der Waals surface area (Å²) in [7, 11) is 0. The molecule has 3 saturated heterocycles. The quantitative estimate of drug-likeness (QED) is 0.0167. The third-order valence-electron chi connectivity index (χ3n) is 18.6. The highest BCUT2D eigenvalue weighted by Crippen LogP contribution is 2.24. The zero-order valence-electron chi connectivity index (χ0n) is 62.1. The number of nitrogens with zero attached hydrogens (tertiary/aromatic N) is 6. The molecule has 3 fully saturated rings. The lowest BCUT2D eigenvalue weighted by Gasteiger charge is -2.31. The lowest BCUT2D eigenvalue weighted by molar-refractivity contribution is -0.145. The Morgan fingerprint density at radius 3 is 1.58 bits per heavy atom. The molecule has 0 radical (unpaired) electrons. The molecular weight excluding hydrogens is 1440 g/mol. The number of aliphatic carboxylic acids is 1. The first kappa shape index (κ1) is 89.4. The van der Waals surface area contributed by atoms with Gasteiger partial charge < -0.3 is 118 Å². The van der Waals surface area contributed by atoms with E-state index in [0.29, 0.717) is 49.1 Å². The summed E-state index contributed by atoms with van der Waals surface area (Å²) in [5.74, 6) is -11.6. The van der Waals surface area contributed by atoms with E-state index in [-0.39, 0.29) is 147 Å². The number of rotatable bonds is 47. The second-order valence-corrected chi connectivity index (χ2v) is 28.5. The number of carboxylic acids is 1. The lowest BCUT2D eigenvalue weighted by Crippen LogP contribution is -2.61. The summed E-state index contributed by atoms with van der Waals surface area (Å²) in [5.41, 5.74) is 40.2. The number of primary amides is 1. The minimum absolute atomic E-state index is 0.00202. The number of hydrogen-bond acceptors (Lipinski definition) is 21. The number of hydrogen-bond donors (Lipinski definition) is 19. The van der Waals surface area contributed by atoms with Crippen LogP contribution in [-0.4, -0.2) is 266 Å². The van der Waals surface area contributed by atoms with Gasteiger partial charge in [-0.25, -0.2) is 9.78 Å². The molecule has 4 heterocycles. The van der Waals surface area contributed by atoms with Crippen molar-refractivity contribution in [3.63, 3.8) is 0 Å². The molecule has 1 aromatic carbocycles. The molecule has 0 aliphatic carbocycles. The first-order valence-electron chi connectivity index (χ1n) is 36.8. The van der Waals surface area contributed by atoms with Crippen molar-refractivity contribution in [2.75, 3.05) is 64.4 Å². The van der Waals surface area contributed by atoms with Crippen LogP contribution in [0.2, 0.25) is 0 Å². The molecule has 13 amide bonds. The second-order valence-electron chi connectivity index (χ2n) is 27.5. The van der Waals surface area contributed by atoms with E-state index in [2.05, 4.69) is 67.8 Å². The Kier molecular flexibility index (Phi) is 37.9. The van der Waals surface area contributed by atoms with Crippen LogP contribution in [0.5, 0.6) is 0 Å². The Morgan fingerprint density at radius 2 is 1.05 bits per heavy atom. The minimum Gasteiger partial charge on any atom is -0.480 e. The predicted octanol–water partition coefficient (Wildman–Crippen LogP) is -6.13. The standard InChI is InChI=1S/C69H111N23O16S/c1-39(2)32-47(86-58(98)44(17-9-26-78-68(73)74)83-63(103)52-20-12-29-91(52)65(105)45(18-10-27-79-69(75)76)84-56(96)42(71)22-23-54(72)94)59(99)89-50(37-93)61(101)87-48(34-41-35-77-38-81-41)60(100)82-43(16-7-8-25-70)57(97)80-36-55(95)90-28-11-19-51(90)62(102)85-46(24-31-109-3)66(106)92-30-13-21-53(92)64(104)88-49(67(107)108)33-40-14-5-4-6-15-40/h4-6,14-15,35,38-39,42-53,93H,7-13,16-34,36-37,70-71H2,1-3H3,(H2,72,94)(H,77,81)(H,80,97)(H,82,100)(H,83,103)(H,84,96)(H,85,102)(H,86,98)(H,87,101)(H,88,104)(H,89,99)(H,107,108)(H4,73,74,78)(H4,75,76,79)/t42-,43-,44+,45+,46-,47+,48+,49+,50+,51+,52-,53-/m1/s1. The summed E-state index contributed by atoms with van der Waals surface area (Å²) in [6.07, 6.45) is 6.69. The minimum atomic E-state index is -1.78. The molecule has 0 bridgehead atoms. The number of amides is 13. The van der Waals surface area contributed by atoms with Crippen molar-refractivity contribution < 1.29 is 77.3 Å². The predicted molar refractivity (Wildman–Crippen MR) is 401 cm³/mol. The number of aromatic amines is 1. The molecular formula is C69H111N23O16S. The van der Waals surface area contributed by atoms with Gasteiger partial charge in [0.15, 0.2) is 11.9 Å². The number of nitrogens with one attached hydrogen (secondary N) is 10. The van der Waals surface area contributed by atoms with Gasteiger partial charge in [-0.05, 0) is 133 Å². The van der Waals surface area contributed by atoms with Gasteiger partial charge in [-0.3, -0.25) is 72.3 Å². The molecule has 2 aromatic rings. The number of thioether (sulfide) groups is 1. The normalized spacial score (nSPS) is 17.8. The summed E-state index contributed by atoms with van der Waals surface area (Å²) in [4.78, 5) is 212. The lowest BCUT2D eigenvalue weighted by atomic mass is 10.0. The summed E-state index contributed by atoms with van der Waals surface area (Å²) >= 11 is 1.42. The third-order valence-corrected chi connectivity index (χ3v) is 19.3. The highest BCUT2D eigenvalue weighted by molar-refractivity contribution is 7.98. The van der Waals surface area contributed by atoms with E-state index in [0.717, 1.165) is 0 Å². The first-order chi connectivity index (χ1) is 52.0. The van der Waals surface area contributed by atoms with Crippen LogP contribution in [0.3, 0.4) is 0 Å². The molecule has 39 nitrogen and oxygen atoms in total. The molecule has 604 valence electrons. The highest BCUT2D eigenvalue weighted by Gasteiger charge is 2.43. The second kappa shape index (κ2) is 46.2. The molecule has 5 rings (SSSR count). The van der Waals surface area contributed by atoms with Crippen molar-refractivity contribution in [2.45, 2.75) is 208 Å². The van der Waals surface area contributed by atoms with E-state index in [4.69, 9.17) is 40.1 Å². The van der Waals surface area contributed by atoms with Crippen LogP contribution in [0.25, 0.3) is 0 Å². The summed E-state index contributed by atoms with van der Waals surface area (Å²) in [6, 6.07) is -6.85. The monoisotopic (exact) mass is 1550 g/mol. The number of guanidine groups is 2. The fraction of sp³-hybridized carbons (Fsp3) is 0.638. The number of aliphatic hydroxyl groups is 1. The average Bonchev–Trinajstić information content (AvgIpc) is 1.76. The maximum Gasteiger partial charge on any atom is 0.326 e. The van der Waals surface area contributed by atoms with Crippen molar-refractivity contribution in [1.29, 1.82) is 0 Å². The third kappa shape index (κ3) is 29.7. The van der Waals surface area contributed by atoms with E-state index in [9.17, 15) is 77.3 Å². The van der Waals surface area contributed by atoms with Gasteiger partial charge in [-0.2, -0.15) is 11.8 Å². The summed E-state index contributed by atoms with van der Waals surface area (Å²) in [5, 5.41) is 44.4. The SMILES string of the molecule is CSCC[C@@H](NC(=O)[C@@H]1CCCN1C(=O)CNC(=O)[C@@H](CCCCN)NC(=O)[C@H](Cc1cnc[nH]1)NC(=O)[C@H](CO)NC(=O)[C@H](CC(C)C)NC(=O)[C@H](CCCN=C(N)N)NC(=O)[C@H]1CCCN1C(=O)[C@H](CCCN=C(N)N)NC(=O)[C@H](N)CCC(N)=O)C(=O)N1CCC[C@@H]1C(=O)N[C@@H](Cc1ccccc1)C(=O)O. The maximum atomic E-state index is 14.5. The molecule has 0 unspecified atom stereocenters. The largest absolute Gasteiger partial charge is 0.480 e. The Labute approximate surface area is 636 Å². The molecule has 26 N–H and O–H groups in total. The number of carbonyl (C=O) groups is 14. The van der Waals surface area contributed by atoms with E-state index in [1.165, 1.54) is 39.0 Å².